The Hall–Kier alpha value is -2.65. The fraction of sp³-hybridized carbons (Fsp3) is 0.424. The molecule has 0 spiro atoms. The van der Waals surface area contributed by atoms with Crippen LogP contribution in [0.3, 0.4) is 0 Å². The van der Waals surface area contributed by atoms with Crippen LogP contribution in [0.4, 0.5) is 0 Å². The van der Waals surface area contributed by atoms with Crippen LogP contribution in [0.2, 0.25) is 0 Å². The van der Waals surface area contributed by atoms with Crippen LogP contribution in [0.5, 0.6) is 0 Å². The maximum Gasteiger partial charge on any atom is 0.101 e. The Balaban J connectivity index is -0.000000377. The van der Waals surface area contributed by atoms with Crippen molar-refractivity contribution in [3.63, 3.8) is 0 Å². The molecule has 0 atom stereocenters. The van der Waals surface area contributed by atoms with Crippen LogP contribution in [0.15, 0.2) is 71.3 Å². The van der Waals surface area contributed by atoms with Gasteiger partial charge in [-0.1, -0.05) is 83.0 Å². The highest BCUT2D eigenvalue weighted by atomic mass is 32.1. The molecule has 0 radical (unpaired) electrons. The average molecular weight is 512 g/mol. The van der Waals surface area contributed by atoms with Gasteiger partial charge < -0.3 is 4.42 Å². The van der Waals surface area contributed by atoms with E-state index >= 15 is 0 Å². The molecular formula is C33H53NOS. The SMILES string of the molecule is CC.CC.CC.Cc1ccc(C)cc1.Cc1ccc(C)nc1.Cc1ccc(C)o1.Cc1ccc(C)s1. The van der Waals surface area contributed by atoms with Crippen molar-refractivity contribution in [1.82, 2.24) is 4.98 Å². The third kappa shape index (κ3) is 23.1. The highest BCUT2D eigenvalue weighted by molar-refractivity contribution is 7.11. The van der Waals surface area contributed by atoms with E-state index in [1.165, 1.54) is 26.4 Å². The number of hydrogen-bond acceptors (Lipinski definition) is 3. The van der Waals surface area contributed by atoms with E-state index in [9.17, 15) is 0 Å². The zero-order valence-corrected chi connectivity index (χ0v) is 26.4. The van der Waals surface area contributed by atoms with E-state index in [0.717, 1.165) is 17.2 Å². The number of rotatable bonds is 0. The van der Waals surface area contributed by atoms with Crippen LogP contribution in [-0.2, 0) is 0 Å². The number of benzene rings is 1. The minimum absolute atomic E-state index is 0.984. The summed E-state index contributed by atoms with van der Waals surface area (Å²) in [7, 11) is 0. The average Bonchev–Trinajstić information content (AvgIpc) is 3.47. The van der Waals surface area contributed by atoms with Gasteiger partial charge in [0.2, 0.25) is 0 Å². The molecule has 0 fully saturated rings. The molecule has 4 aromatic rings. The second-order valence-electron chi connectivity index (χ2n) is 7.45. The molecule has 36 heavy (non-hydrogen) atoms. The number of aryl methyl sites for hydroxylation is 8. The van der Waals surface area contributed by atoms with Crippen LogP contribution in [0, 0.1) is 55.4 Å². The monoisotopic (exact) mass is 511 g/mol. The molecule has 0 unspecified atom stereocenters. The Kier molecular flexibility index (Phi) is 26.8. The van der Waals surface area contributed by atoms with Gasteiger partial charge in [0.15, 0.2) is 0 Å². The van der Waals surface area contributed by atoms with Crippen molar-refractivity contribution in [2.24, 2.45) is 0 Å². The molecule has 0 saturated heterocycles. The van der Waals surface area contributed by atoms with Crippen LogP contribution < -0.4 is 0 Å². The van der Waals surface area contributed by atoms with Crippen LogP contribution in [0.1, 0.15) is 85.2 Å². The first-order chi connectivity index (χ1) is 17.2. The van der Waals surface area contributed by atoms with E-state index in [0.29, 0.717) is 0 Å². The van der Waals surface area contributed by atoms with Gasteiger partial charge in [0.1, 0.15) is 11.5 Å². The standard InChI is InChI=1S/C8H10.C7H9N.C6H8O.C6H8S.3C2H6/c1-7-3-5-8(2)6-4-7;1-6-3-4-7(2)8-5-6;2*1-5-3-4-6(2)7-5;3*1-2/h3-6H,1-2H3;3-5H,1-2H3;2*3-4H,1-2H3;3*1-2H3. The zero-order chi connectivity index (χ0) is 28.5. The molecule has 3 aromatic heterocycles. The lowest BCUT2D eigenvalue weighted by molar-refractivity contribution is 0.504. The molecule has 1 aromatic carbocycles. The van der Waals surface area contributed by atoms with E-state index < -0.39 is 0 Å². The lowest BCUT2D eigenvalue weighted by atomic mass is 10.2. The van der Waals surface area contributed by atoms with Gasteiger partial charge in [-0.15, -0.1) is 11.3 Å². The normalized spacial score (nSPS) is 8.28. The van der Waals surface area contributed by atoms with Crippen molar-refractivity contribution in [2.45, 2.75) is 96.9 Å². The highest BCUT2D eigenvalue weighted by Crippen LogP contribution is 2.12. The van der Waals surface area contributed by atoms with E-state index in [4.69, 9.17) is 4.42 Å². The van der Waals surface area contributed by atoms with Crippen molar-refractivity contribution >= 4 is 11.3 Å². The van der Waals surface area contributed by atoms with Gasteiger partial charge in [-0.25, -0.2) is 0 Å². The molecule has 0 saturated carbocycles. The summed E-state index contributed by atoms with van der Waals surface area (Å²) in [5.41, 5.74) is 4.96. The fourth-order valence-corrected chi connectivity index (χ4v) is 3.07. The van der Waals surface area contributed by atoms with Crippen molar-refractivity contribution in [1.29, 1.82) is 0 Å². The van der Waals surface area contributed by atoms with E-state index in [1.54, 1.807) is 0 Å². The van der Waals surface area contributed by atoms with Gasteiger partial charge in [-0.05, 0) is 91.3 Å². The highest BCUT2D eigenvalue weighted by Gasteiger charge is 1.86. The van der Waals surface area contributed by atoms with Gasteiger partial charge in [0, 0.05) is 21.6 Å². The third-order valence-electron chi connectivity index (χ3n) is 4.03. The number of furan rings is 1. The molecule has 0 aliphatic carbocycles. The van der Waals surface area contributed by atoms with Crippen molar-refractivity contribution < 1.29 is 4.42 Å². The van der Waals surface area contributed by atoms with Gasteiger partial charge in [-0.3, -0.25) is 4.98 Å². The van der Waals surface area contributed by atoms with Gasteiger partial charge in [0.05, 0.1) is 0 Å². The lowest BCUT2D eigenvalue weighted by Crippen LogP contribution is -1.78. The number of nitrogens with zero attached hydrogens (tertiary/aromatic N) is 1. The maximum atomic E-state index is 5.08. The van der Waals surface area contributed by atoms with Gasteiger partial charge in [0.25, 0.3) is 0 Å². The van der Waals surface area contributed by atoms with E-state index in [-0.39, 0.29) is 0 Å². The number of aromatic nitrogens is 1. The van der Waals surface area contributed by atoms with Crippen LogP contribution in [-0.4, -0.2) is 4.98 Å². The first-order valence-corrected chi connectivity index (χ1v) is 14.0. The van der Waals surface area contributed by atoms with Gasteiger partial charge in [-0.2, -0.15) is 0 Å². The molecule has 0 N–H and O–H groups in total. The Morgan fingerprint density at radius 2 is 0.833 bits per heavy atom. The minimum Gasteiger partial charge on any atom is -0.467 e. The minimum atomic E-state index is 0.984. The van der Waals surface area contributed by atoms with Crippen LogP contribution in [0.25, 0.3) is 0 Å². The molecule has 0 aliphatic rings. The summed E-state index contributed by atoms with van der Waals surface area (Å²) in [5.74, 6) is 1.97. The summed E-state index contributed by atoms with van der Waals surface area (Å²) >= 11 is 1.84. The Bertz CT molecular complexity index is 807. The van der Waals surface area contributed by atoms with Crippen molar-refractivity contribution in [3.8, 4) is 0 Å². The molecule has 0 amide bonds. The van der Waals surface area contributed by atoms with Crippen LogP contribution >= 0.6 is 11.3 Å². The third-order valence-corrected chi connectivity index (χ3v) is 4.94. The smallest absolute Gasteiger partial charge is 0.101 e. The Morgan fingerprint density at radius 1 is 0.472 bits per heavy atom. The Morgan fingerprint density at radius 3 is 1.03 bits per heavy atom. The largest absolute Gasteiger partial charge is 0.467 e. The second-order valence-corrected chi connectivity index (χ2v) is 8.94. The van der Waals surface area contributed by atoms with Crippen molar-refractivity contribution in [3.05, 3.63) is 111 Å². The summed E-state index contributed by atoms with van der Waals surface area (Å²) in [4.78, 5) is 6.88. The fourth-order valence-electron chi connectivity index (χ4n) is 2.29. The molecule has 0 bridgehead atoms. The molecule has 202 valence electrons. The molecular weight excluding hydrogens is 458 g/mol. The molecule has 0 aliphatic heterocycles. The number of hydrogen-bond donors (Lipinski definition) is 0. The molecule has 4 rings (SSSR count). The lowest BCUT2D eigenvalue weighted by Gasteiger charge is -1.90. The topological polar surface area (TPSA) is 26.0 Å². The first-order valence-electron chi connectivity index (χ1n) is 13.1. The summed E-state index contributed by atoms with van der Waals surface area (Å²) < 4.78 is 5.08. The quantitative estimate of drug-likeness (QED) is 0.234. The maximum absolute atomic E-state index is 5.08. The summed E-state index contributed by atoms with van der Waals surface area (Å²) in [6.07, 6.45) is 1.87. The second kappa shape index (κ2) is 25.4. The zero-order valence-electron chi connectivity index (χ0n) is 25.6. The first kappa shape index (κ1) is 37.9. The molecule has 2 nitrogen and oxygen atoms in total. The predicted molar refractivity (Wildman–Crippen MR) is 166 cm³/mol. The van der Waals surface area contributed by atoms with E-state index in [2.05, 4.69) is 75.1 Å². The van der Waals surface area contributed by atoms with Crippen molar-refractivity contribution in [2.75, 3.05) is 0 Å². The predicted octanol–water partition coefficient (Wildman–Crippen LogP) is 11.3. The Labute approximate surface area is 227 Å². The molecule has 3 heteroatoms. The summed E-state index contributed by atoms with van der Waals surface area (Å²) in [6, 6.07) is 20.7. The number of pyridine rings is 1. The number of thiophene rings is 1. The summed E-state index contributed by atoms with van der Waals surface area (Å²) in [6.45, 7) is 28.3. The van der Waals surface area contributed by atoms with Gasteiger partial charge >= 0.3 is 0 Å². The van der Waals surface area contributed by atoms with E-state index in [1.807, 2.05) is 105 Å². The summed E-state index contributed by atoms with van der Waals surface area (Å²) in [5, 5.41) is 0. The molecule has 3 heterocycles.